The number of nitrogens with zero attached hydrogens (tertiary/aromatic N) is 1. The Morgan fingerprint density at radius 2 is 2.04 bits per heavy atom. The average Bonchev–Trinajstić information content (AvgIpc) is 3.04. The molecule has 5 heteroatoms. The van der Waals surface area contributed by atoms with E-state index >= 15 is 0 Å². The number of ether oxygens (including phenoxy) is 1. The maximum atomic E-state index is 12.4. The van der Waals surface area contributed by atoms with Crippen molar-refractivity contribution in [1.29, 1.82) is 0 Å². The second-order valence-corrected chi connectivity index (χ2v) is 6.72. The van der Waals surface area contributed by atoms with Crippen LogP contribution in [0.2, 0.25) is 0 Å². The molecule has 0 bridgehead atoms. The first kappa shape index (κ1) is 14.9. The van der Waals surface area contributed by atoms with Crippen LogP contribution in [0.5, 0.6) is 5.75 Å². The number of methoxy groups -OCH3 is 1. The number of rotatable bonds is 3. The quantitative estimate of drug-likeness (QED) is 0.781. The Labute approximate surface area is 144 Å². The fourth-order valence-corrected chi connectivity index (χ4v) is 3.91. The van der Waals surface area contributed by atoms with E-state index in [-0.39, 0.29) is 5.91 Å². The van der Waals surface area contributed by atoms with Gasteiger partial charge in [0.15, 0.2) is 5.13 Å². The molecule has 1 aromatic heterocycles. The summed E-state index contributed by atoms with van der Waals surface area (Å²) in [5.74, 6) is 0.489. The number of carbonyl (C=O) groups excluding carboxylic acids is 1. The van der Waals surface area contributed by atoms with Gasteiger partial charge in [-0.1, -0.05) is 30.3 Å². The van der Waals surface area contributed by atoms with Crippen LogP contribution in [0, 0.1) is 0 Å². The van der Waals surface area contributed by atoms with E-state index in [1.54, 1.807) is 36.6 Å². The molecule has 1 amide bonds. The maximum absolute atomic E-state index is 12.4. The highest BCUT2D eigenvalue weighted by Gasteiger charge is 2.21. The zero-order valence-corrected chi connectivity index (χ0v) is 14.0. The molecule has 0 radical (unpaired) electrons. The molecule has 0 atom stereocenters. The van der Waals surface area contributed by atoms with E-state index in [9.17, 15) is 4.79 Å². The third-order valence-electron chi connectivity index (χ3n) is 4.14. The minimum Gasteiger partial charge on any atom is -0.497 e. The van der Waals surface area contributed by atoms with Crippen LogP contribution in [0.4, 0.5) is 5.13 Å². The van der Waals surface area contributed by atoms with Crippen LogP contribution in [-0.2, 0) is 12.8 Å². The van der Waals surface area contributed by atoms with Crippen molar-refractivity contribution >= 4 is 22.4 Å². The predicted molar refractivity (Wildman–Crippen MR) is 95.9 cm³/mol. The summed E-state index contributed by atoms with van der Waals surface area (Å²) in [5, 5.41) is 3.55. The molecule has 1 aliphatic rings. The van der Waals surface area contributed by atoms with Gasteiger partial charge in [-0.3, -0.25) is 10.1 Å². The first-order chi connectivity index (χ1) is 11.7. The van der Waals surface area contributed by atoms with Crippen LogP contribution in [0.1, 0.15) is 20.8 Å². The van der Waals surface area contributed by atoms with Gasteiger partial charge in [0.05, 0.1) is 12.8 Å². The number of anilines is 1. The van der Waals surface area contributed by atoms with Crippen molar-refractivity contribution in [2.45, 2.75) is 12.8 Å². The van der Waals surface area contributed by atoms with Gasteiger partial charge in [-0.15, -0.1) is 11.3 Å². The Balaban J connectivity index is 1.61. The molecule has 24 heavy (non-hydrogen) atoms. The highest BCUT2D eigenvalue weighted by molar-refractivity contribution is 7.16. The lowest BCUT2D eigenvalue weighted by molar-refractivity contribution is 0.102. The number of carbonyl (C=O) groups is 1. The van der Waals surface area contributed by atoms with Crippen LogP contribution in [0.3, 0.4) is 0 Å². The summed E-state index contributed by atoms with van der Waals surface area (Å²) in [4.78, 5) is 18.3. The molecule has 3 aromatic rings. The molecule has 1 aliphatic carbocycles. The smallest absolute Gasteiger partial charge is 0.257 e. The molecule has 120 valence electrons. The Morgan fingerprint density at radius 1 is 1.17 bits per heavy atom. The van der Waals surface area contributed by atoms with E-state index in [0.29, 0.717) is 16.4 Å². The summed E-state index contributed by atoms with van der Waals surface area (Å²) in [5.41, 5.74) is 4.06. The lowest BCUT2D eigenvalue weighted by Gasteiger charge is -2.13. The fraction of sp³-hybridized carbons (Fsp3) is 0.158. The van der Waals surface area contributed by atoms with E-state index in [1.807, 2.05) is 12.1 Å². The van der Waals surface area contributed by atoms with Crippen LogP contribution in [0.25, 0.3) is 11.3 Å². The predicted octanol–water partition coefficient (Wildman–Crippen LogP) is 4.17. The van der Waals surface area contributed by atoms with Crippen LogP contribution in [0.15, 0.2) is 48.5 Å². The molecule has 0 saturated carbocycles. The van der Waals surface area contributed by atoms with Crippen molar-refractivity contribution in [3.63, 3.8) is 0 Å². The molecule has 4 rings (SSSR count). The minimum absolute atomic E-state index is 0.173. The van der Waals surface area contributed by atoms with E-state index in [1.165, 1.54) is 16.0 Å². The average molecular weight is 336 g/mol. The van der Waals surface area contributed by atoms with Crippen molar-refractivity contribution < 1.29 is 9.53 Å². The van der Waals surface area contributed by atoms with Crippen molar-refractivity contribution in [3.8, 4) is 17.0 Å². The number of nitrogens with one attached hydrogen (secondary N) is 1. The molecular weight excluding hydrogens is 320 g/mol. The zero-order valence-electron chi connectivity index (χ0n) is 13.2. The Kier molecular flexibility index (Phi) is 3.78. The number of amides is 1. The number of benzene rings is 2. The molecule has 1 N–H and O–H groups in total. The molecule has 1 heterocycles. The zero-order chi connectivity index (χ0) is 16.5. The normalized spacial score (nSPS) is 12.2. The van der Waals surface area contributed by atoms with Crippen LogP contribution < -0.4 is 10.1 Å². The monoisotopic (exact) mass is 336 g/mol. The largest absolute Gasteiger partial charge is 0.497 e. The van der Waals surface area contributed by atoms with Gasteiger partial charge < -0.3 is 4.74 Å². The van der Waals surface area contributed by atoms with Gasteiger partial charge in [-0.2, -0.15) is 0 Å². The second kappa shape index (κ2) is 6.09. The van der Waals surface area contributed by atoms with E-state index in [0.717, 1.165) is 18.5 Å². The number of hydrogen-bond donors (Lipinski definition) is 1. The van der Waals surface area contributed by atoms with Gasteiger partial charge in [0.2, 0.25) is 0 Å². The Hall–Kier alpha value is -2.66. The van der Waals surface area contributed by atoms with Crippen molar-refractivity contribution in [2.75, 3.05) is 12.4 Å². The van der Waals surface area contributed by atoms with Gasteiger partial charge in [0, 0.05) is 16.0 Å². The van der Waals surface area contributed by atoms with Crippen molar-refractivity contribution in [1.82, 2.24) is 4.98 Å². The Morgan fingerprint density at radius 3 is 2.92 bits per heavy atom. The summed E-state index contributed by atoms with van der Waals surface area (Å²) in [6.45, 7) is 0. The SMILES string of the molecule is COc1cccc(C(=O)Nc2nc3c(s2)CCc2ccccc2-3)c1. The molecule has 4 nitrogen and oxygen atoms in total. The fourth-order valence-electron chi connectivity index (χ4n) is 2.94. The van der Waals surface area contributed by atoms with Gasteiger partial charge in [-0.25, -0.2) is 4.98 Å². The molecule has 2 aromatic carbocycles. The highest BCUT2D eigenvalue weighted by atomic mass is 32.1. The first-order valence-electron chi connectivity index (χ1n) is 7.78. The van der Waals surface area contributed by atoms with Crippen molar-refractivity contribution in [2.24, 2.45) is 0 Å². The van der Waals surface area contributed by atoms with E-state index in [2.05, 4.69) is 28.5 Å². The number of hydrogen-bond acceptors (Lipinski definition) is 4. The van der Waals surface area contributed by atoms with E-state index < -0.39 is 0 Å². The first-order valence-corrected chi connectivity index (χ1v) is 8.59. The molecule has 0 aliphatic heterocycles. The third-order valence-corrected chi connectivity index (χ3v) is 5.17. The second-order valence-electron chi connectivity index (χ2n) is 5.63. The summed E-state index contributed by atoms with van der Waals surface area (Å²) >= 11 is 1.56. The van der Waals surface area contributed by atoms with Gasteiger partial charge in [-0.05, 0) is 36.6 Å². The van der Waals surface area contributed by atoms with Gasteiger partial charge in [0.1, 0.15) is 5.75 Å². The lowest BCUT2D eigenvalue weighted by Crippen LogP contribution is -2.11. The molecule has 0 spiro atoms. The number of thiazole rings is 1. The lowest BCUT2D eigenvalue weighted by atomic mass is 9.94. The summed E-state index contributed by atoms with van der Waals surface area (Å²) < 4.78 is 5.17. The van der Waals surface area contributed by atoms with E-state index in [4.69, 9.17) is 4.74 Å². The van der Waals surface area contributed by atoms with Crippen molar-refractivity contribution in [3.05, 3.63) is 64.5 Å². The maximum Gasteiger partial charge on any atom is 0.257 e. The Bertz CT molecular complexity index is 917. The third kappa shape index (κ3) is 2.67. The number of aryl methyl sites for hydroxylation is 2. The van der Waals surface area contributed by atoms with Gasteiger partial charge in [0.25, 0.3) is 5.91 Å². The minimum atomic E-state index is -0.173. The summed E-state index contributed by atoms with van der Waals surface area (Å²) in [6.07, 6.45) is 1.99. The number of fused-ring (bicyclic) bond motifs is 3. The molecule has 0 fully saturated rings. The topological polar surface area (TPSA) is 51.2 Å². The molecular formula is C19H16N2O2S. The summed E-state index contributed by atoms with van der Waals surface area (Å²) in [7, 11) is 1.59. The van der Waals surface area contributed by atoms with Crippen LogP contribution in [-0.4, -0.2) is 18.0 Å². The summed E-state index contributed by atoms with van der Waals surface area (Å²) in [6, 6.07) is 15.4. The number of aromatic nitrogens is 1. The van der Waals surface area contributed by atoms with Crippen LogP contribution >= 0.6 is 11.3 Å². The molecule has 0 saturated heterocycles. The molecule has 0 unspecified atom stereocenters. The highest BCUT2D eigenvalue weighted by Crippen LogP contribution is 2.38. The van der Waals surface area contributed by atoms with Gasteiger partial charge >= 0.3 is 0 Å². The standard InChI is InChI=1S/C19H16N2O2S/c1-23-14-7-4-6-13(11-14)18(22)21-19-20-17-15-8-3-2-5-12(15)9-10-16(17)24-19/h2-8,11H,9-10H2,1H3,(H,20,21,22).